The molecule has 126 valence electrons. The first-order chi connectivity index (χ1) is 11.3. The van der Waals surface area contributed by atoms with E-state index in [9.17, 15) is 17.9 Å². The molecule has 1 aliphatic carbocycles. The third-order valence-corrected chi connectivity index (χ3v) is 5.37. The number of halogens is 1. The van der Waals surface area contributed by atoms with Crippen LogP contribution in [-0.4, -0.2) is 19.6 Å². The Morgan fingerprint density at radius 1 is 1.12 bits per heavy atom. The molecule has 0 heterocycles. The van der Waals surface area contributed by atoms with E-state index < -0.39 is 15.8 Å². The predicted molar refractivity (Wildman–Crippen MR) is 91.5 cm³/mol. The summed E-state index contributed by atoms with van der Waals surface area (Å²) in [5, 5.41) is 9.43. The van der Waals surface area contributed by atoms with Gasteiger partial charge in [-0.25, -0.2) is 17.5 Å². The van der Waals surface area contributed by atoms with Crippen molar-refractivity contribution in [2.45, 2.75) is 30.7 Å². The summed E-state index contributed by atoms with van der Waals surface area (Å²) in [4.78, 5) is 0.234. The van der Waals surface area contributed by atoms with Crippen molar-refractivity contribution in [3.05, 3.63) is 58.9 Å². The number of phenolic OH excluding ortho intramolecular Hbond substituents is 1. The second-order valence-electron chi connectivity index (χ2n) is 5.97. The SMILES string of the molecule is Cc1cc(/C=C/c2ccc(S(=O)(=O)NC3CC3)cc2)cc(F)c1O. The lowest BCUT2D eigenvalue weighted by molar-refractivity contribution is 0.428. The maximum absolute atomic E-state index is 13.5. The Bertz CT molecular complexity index is 862. The highest BCUT2D eigenvalue weighted by Crippen LogP contribution is 2.24. The molecule has 2 aromatic carbocycles. The van der Waals surface area contributed by atoms with Gasteiger partial charge in [0.05, 0.1) is 4.90 Å². The van der Waals surface area contributed by atoms with E-state index in [2.05, 4.69) is 4.72 Å². The van der Waals surface area contributed by atoms with Crippen LogP contribution in [0, 0.1) is 12.7 Å². The third-order valence-electron chi connectivity index (χ3n) is 3.83. The van der Waals surface area contributed by atoms with Gasteiger partial charge in [0, 0.05) is 6.04 Å². The maximum atomic E-state index is 13.5. The zero-order chi connectivity index (χ0) is 17.3. The second kappa shape index (κ2) is 6.37. The van der Waals surface area contributed by atoms with Gasteiger partial charge in [-0.1, -0.05) is 24.3 Å². The number of aromatic hydroxyl groups is 1. The van der Waals surface area contributed by atoms with Crippen LogP contribution in [0.3, 0.4) is 0 Å². The van der Waals surface area contributed by atoms with Crippen LogP contribution < -0.4 is 4.72 Å². The Labute approximate surface area is 140 Å². The summed E-state index contributed by atoms with van der Waals surface area (Å²) in [5.41, 5.74) is 1.88. The molecule has 2 aromatic rings. The smallest absolute Gasteiger partial charge is 0.240 e. The lowest BCUT2D eigenvalue weighted by atomic mass is 10.1. The summed E-state index contributed by atoms with van der Waals surface area (Å²) in [6.45, 7) is 1.63. The van der Waals surface area contributed by atoms with Crippen molar-refractivity contribution in [3.8, 4) is 5.75 Å². The maximum Gasteiger partial charge on any atom is 0.240 e. The largest absolute Gasteiger partial charge is 0.505 e. The monoisotopic (exact) mass is 347 g/mol. The average Bonchev–Trinajstić information content (AvgIpc) is 3.34. The summed E-state index contributed by atoms with van der Waals surface area (Å²) in [7, 11) is -3.45. The van der Waals surface area contributed by atoms with E-state index in [1.807, 2.05) is 0 Å². The standard InChI is InChI=1S/C18H18FNO3S/c1-12-10-14(11-17(19)18(12)21)3-2-13-4-8-16(9-5-13)24(22,23)20-15-6-7-15/h2-5,8-11,15,20-21H,6-7H2,1H3/b3-2+. The molecule has 6 heteroatoms. The third kappa shape index (κ3) is 3.83. The van der Waals surface area contributed by atoms with Gasteiger partial charge in [-0.15, -0.1) is 0 Å². The molecular formula is C18H18FNO3S. The highest BCUT2D eigenvalue weighted by Gasteiger charge is 2.27. The first kappa shape index (κ1) is 16.7. The van der Waals surface area contributed by atoms with Crippen LogP contribution >= 0.6 is 0 Å². The van der Waals surface area contributed by atoms with Crippen molar-refractivity contribution in [1.29, 1.82) is 0 Å². The van der Waals surface area contributed by atoms with Gasteiger partial charge in [-0.05, 0) is 60.7 Å². The molecule has 1 fully saturated rings. The molecule has 2 N–H and O–H groups in total. The molecular weight excluding hydrogens is 329 g/mol. The van der Waals surface area contributed by atoms with Gasteiger partial charge in [-0.2, -0.15) is 0 Å². The lowest BCUT2D eigenvalue weighted by Crippen LogP contribution is -2.25. The fourth-order valence-electron chi connectivity index (χ4n) is 2.30. The first-order valence-electron chi connectivity index (χ1n) is 7.65. The zero-order valence-electron chi connectivity index (χ0n) is 13.2. The highest BCUT2D eigenvalue weighted by molar-refractivity contribution is 7.89. The van der Waals surface area contributed by atoms with Gasteiger partial charge >= 0.3 is 0 Å². The number of hydrogen-bond donors (Lipinski definition) is 2. The van der Waals surface area contributed by atoms with Crippen LogP contribution in [0.15, 0.2) is 41.3 Å². The van der Waals surface area contributed by atoms with Gasteiger partial charge in [0.15, 0.2) is 11.6 Å². The fourth-order valence-corrected chi connectivity index (χ4v) is 3.60. The summed E-state index contributed by atoms with van der Waals surface area (Å²) in [5.74, 6) is -1.01. The lowest BCUT2D eigenvalue weighted by Gasteiger charge is -2.05. The van der Waals surface area contributed by atoms with E-state index in [4.69, 9.17) is 0 Å². The number of phenols is 1. The summed E-state index contributed by atoms with van der Waals surface area (Å²) < 4.78 is 40.3. The van der Waals surface area contributed by atoms with Crippen LogP contribution in [0.25, 0.3) is 12.2 Å². The van der Waals surface area contributed by atoms with Crippen LogP contribution in [0.4, 0.5) is 4.39 Å². The Balaban J connectivity index is 1.76. The van der Waals surface area contributed by atoms with Gasteiger partial charge < -0.3 is 5.11 Å². The molecule has 24 heavy (non-hydrogen) atoms. The first-order valence-corrected chi connectivity index (χ1v) is 9.13. The highest BCUT2D eigenvalue weighted by atomic mass is 32.2. The van der Waals surface area contributed by atoms with E-state index in [0.717, 1.165) is 18.4 Å². The summed E-state index contributed by atoms with van der Waals surface area (Å²) in [6.07, 6.45) is 5.25. The average molecular weight is 347 g/mol. The van der Waals surface area contributed by atoms with Gasteiger partial charge in [0.1, 0.15) is 0 Å². The van der Waals surface area contributed by atoms with Crippen molar-refractivity contribution in [1.82, 2.24) is 4.72 Å². The molecule has 0 amide bonds. The molecule has 0 aromatic heterocycles. The minimum Gasteiger partial charge on any atom is -0.505 e. The van der Waals surface area contributed by atoms with E-state index in [0.29, 0.717) is 11.1 Å². The van der Waals surface area contributed by atoms with Gasteiger partial charge in [0.2, 0.25) is 10.0 Å². The number of nitrogens with one attached hydrogen (secondary N) is 1. The topological polar surface area (TPSA) is 66.4 Å². The molecule has 0 aliphatic heterocycles. The number of benzene rings is 2. The van der Waals surface area contributed by atoms with E-state index in [1.165, 1.54) is 6.07 Å². The van der Waals surface area contributed by atoms with Crippen LogP contribution in [0.5, 0.6) is 5.75 Å². The van der Waals surface area contributed by atoms with Crippen molar-refractivity contribution in [2.24, 2.45) is 0 Å². The van der Waals surface area contributed by atoms with Crippen molar-refractivity contribution >= 4 is 22.2 Å². The van der Waals surface area contributed by atoms with Crippen molar-refractivity contribution in [2.75, 3.05) is 0 Å². The number of aryl methyl sites for hydroxylation is 1. The molecule has 0 radical (unpaired) electrons. The molecule has 1 saturated carbocycles. The molecule has 0 unspecified atom stereocenters. The second-order valence-corrected chi connectivity index (χ2v) is 7.68. The van der Waals surface area contributed by atoms with Crippen LogP contribution in [0.1, 0.15) is 29.5 Å². The zero-order valence-corrected chi connectivity index (χ0v) is 14.0. The van der Waals surface area contributed by atoms with Crippen molar-refractivity contribution in [3.63, 3.8) is 0 Å². The quantitative estimate of drug-likeness (QED) is 0.814. The van der Waals surface area contributed by atoms with Crippen molar-refractivity contribution < 1.29 is 17.9 Å². The summed E-state index contributed by atoms with van der Waals surface area (Å²) >= 11 is 0. The van der Waals surface area contributed by atoms with Gasteiger partial charge in [-0.3, -0.25) is 0 Å². The summed E-state index contributed by atoms with van der Waals surface area (Å²) in [6, 6.07) is 9.48. The number of hydrogen-bond acceptors (Lipinski definition) is 3. The Morgan fingerprint density at radius 2 is 1.75 bits per heavy atom. The van der Waals surface area contributed by atoms with E-state index in [1.54, 1.807) is 49.4 Å². The molecule has 0 spiro atoms. The van der Waals surface area contributed by atoms with Crippen LogP contribution in [0.2, 0.25) is 0 Å². The predicted octanol–water partition coefficient (Wildman–Crippen LogP) is 3.45. The molecule has 3 rings (SSSR count). The normalized spacial score (nSPS) is 15.1. The number of rotatable bonds is 5. The molecule has 4 nitrogen and oxygen atoms in total. The molecule has 1 aliphatic rings. The molecule has 0 atom stereocenters. The van der Waals surface area contributed by atoms with Gasteiger partial charge in [0.25, 0.3) is 0 Å². The fraction of sp³-hybridized carbons (Fsp3) is 0.222. The Hall–Kier alpha value is -2.18. The minimum atomic E-state index is -3.45. The molecule has 0 bridgehead atoms. The number of sulfonamides is 1. The van der Waals surface area contributed by atoms with E-state index in [-0.39, 0.29) is 16.7 Å². The van der Waals surface area contributed by atoms with Crippen LogP contribution in [-0.2, 0) is 10.0 Å². The molecule has 0 saturated heterocycles. The minimum absolute atomic E-state index is 0.0715. The Kier molecular flexibility index (Phi) is 4.43. The Morgan fingerprint density at radius 3 is 2.33 bits per heavy atom. The van der Waals surface area contributed by atoms with E-state index >= 15 is 0 Å².